The lowest BCUT2D eigenvalue weighted by Crippen LogP contribution is -2.40. The van der Waals surface area contributed by atoms with Crippen molar-refractivity contribution in [1.82, 2.24) is 10.6 Å². The first-order valence-electron chi connectivity index (χ1n) is 7.89. The van der Waals surface area contributed by atoms with Crippen LogP contribution in [-0.2, 0) is 14.3 Å². The van der Waals surface area contributed by atoms with Crippen LogP contribution in [0.25, 0.3) is 0 Å². The number of amides is 1. The topological polar surface area (TPSA) is 59.6 Å². The standard InChI is InChI=1S/C15H30N2O3/c1-19-11-12-20-10-6-9-16-13-15(18)17-14-7-4-2-3-5-8-14/h14,16H,2-13H2,1H3,(H,17,18). The van der Waals surface area contributed by atoms with Gasteiger partial charge < -0.3 is 20.1 Å². The van der Waals surface area contributed by atoms with Gasteiger partial charge in [0.05, 0.1) is 19.8 Å². The highest BCUT2D eigenvalue weighted by Gasteiger charge is 2.13. The Balaban J connectivity index is 1.91. The van der Waals surface area contributed by atoms with Gasteiger partial charge in [0, 0.05) is 19.8 Å². The molecule has 5 nitrogen and oxygen atoms in total. The molecule has 0 unspecified atom stereocenters. The average molecular weight is 286 g/mol. The van der Waals surface area contributed by atoms with Gasteiger partial charge in [-0.15, -0.1) is 0 Å². The summed E-state index contributed by atoms with van der Waals surface area (Å²) in [6.45, 7) is 3.20. The fourth-order valence-corrected chi connectivity index (χ4v) is 2.45. The Bertz CT molecular complexity index is 241. The molecule has 20 heavy (non-hydrogen) atoms. The van der Waals surface area contributed by atoms with Crippen LogP contribution in [0.2, 0.25) is 0 Å². The Hall–Kier alpha value is -0.650. The van der Waals surface area contributed by atoms with Crippen molar-refractivity contribution in [3.63, 3.8) is 0 Å². The first kappa shape index (κ1) is 17.4. The van der Waals surface area contributed by atoms with Crippen LogP contribution in [0.1, 0.15) is 44.9 Å². The largest absolute Gasteiger partial charge is 0.382 e. The van der Waals surface area contributed by atoms with Crippen molar-refractivity contribution in [3.05, 3.63) is 0 Å². The van der Waals surface area contributed by atoms with Crippen molar-refractivity contribution in [3.8, 4) is 0 Å². The minimum absolute atomic E-state index is 0.122. The number of rotatable bonds is 10. The Morgan fingerprint density at radius 2 is 1.85 bits per heavy atom. The number of nitrogens with one attached hydrogen (secondary N) is 2. The Morgan fingerprint density at radius 1 is 1.10 bits per heavy atom. The van der Waals surface area contributed by atoms with E-state index in [1.54, 1.807) is 7.11 Å². The normalized spacial score (nSPS) is 16.9. The van der Waals surface area contributed by atoms with Crippen LogP contribution in [0.3, 0.4) is 0 Å². The monoisotopic (exact) mass is 286 g/mol. The number of carbonyl (C=O) groups is 1. The van der Waals surface area contributed by atoms with Gasteiger partial charge in [0.1, 0.15) is 0 Å². The van der Waals surface area contributed by atoms with Gasteiger partial charge in [0.2, 0.25) is 5.91 Å². The third-order valence-electron chi connectivity index (χ3n) is 3.58. The van der Waals surface area contributed by atoms with Crippen LogP contribution in [0, 0.1) is 0 Å². The molecular formula is C15H30N2O3. The van der Waals surface area contributed by atoms with E-state index in [4.69, 9.17) is 9.47 Å². The number of methoxy groups -OCH3 is 1. The zero-order valence-electron chi connectivity index (χ0n) is 12.8. The fraction of sp³-hybridized carbons (Fsp3) is 0.933. The summed E-state index contributed by atoms with van der Waals surface area (Å²) in [4.78, 5) is 11.8. The van der Waals surface area contributed by atoms with Gasteiger partial charge in [-0.05, 0) is 25.8 Å². The predicted molar refractivity (Wildman–Crippen MR) is 79.8 cm³/mol. The molecule has 1 aliphatic carbocycles. The minimum atomic E-state index is 0.122. The van der Waals surface area contributed by atoms with E-state index < -0.39 is 0 Å². The molecule has 0 heterocycles. The van der Waals surface area contributed by atoms with Crippen LogP contribution >= 0.6 is 0 Å². The lowest BCUT2D eigenvalue weighted by Gasteiger charge is -2.16. The average Bonchev–Trinajstić information content (AvgIpc) is 2.70. The molecule has 2 N–H and O–H groups in total. The SMILES string of the molecule is COCCOCCCNCC(=O)NC1CCCCCC1. The van der Waals surface area contributed by atoms with E-state index in [0.717, 1.165) is 25.8 Å². The van der Waals surface area contributed by atoms with E-state index in [9.17, 15) is 4.79 Å². The fourth-order valence-electron chi connectivity index (χ4n) is 2.45. The second kappa shape index (κ2) is 12.1. The first-order chi connectivity index (χ1) is 9.83. The van der Waals surface area contributed by atoms with Crippen molar-refractivity contribution in [2.75, 3.05) is 40.0 Å². The van der Waals surface area contributed by atoms with E-state index in [-0.39, 0.29) is 5.91 Å². The highest BCUT2D eigenvalue weighted by Crippen LogP contribution is 2.16. The molecule has 1 rings (SSSR count). The van der Waals surface area contributed by atoms with E-state index in [0.29, 0.717) is 32.4 Å². The van der Waals surface area contributed by atoms with Crippen LogP contribution in [0.5, 0.6) is 0 Å². The maximum absolute atomic E-state index is 11.8. The molecule has 0 aromatic rings. The van der Waals surface area contributed by atoms with Gasteiger partial charge in [0.15, 0.2) is 0 Å². The van der Waals surface area contributed by atoms with Gasteiger partial charge >= 0.3 is 0 Å². The van der Waals surface area contributed by atoms with E-state index in [1.165, 1.54) is 25.7 Å². The maximum Gasteiger partial charge on any atom is 0.234 e. The summed E-state index contributed by atoms with van der Waals surface area (Å²) < 4.78 is 10.2. The summed E-state index contributed by atoms with van der Waals surface area (Å²) in [5.74, 6) is 0.122. The Kier molecular flexibility index (Phi) is 10.5. The number of hydrogen-bond donors (Lipinski definition) is 2. The van der Waals surface area contributed by atoms with Crippen LogP contribution in [0.4, 0.5) is 0 Å². The zero-order valence-corrected chi connectivity index (χ0v) is 12.8. The second-order valence-corrected chi connectivity index (χ2v) is 5.39. The summed E-state index contributed by atoms with van der Waals surface area (Å²) >= 11 is 0. The first-order valence-corrected chi connectivity index (χ1v) is 7.89. The molecule has 118 valence electrons. The lowest BCUT2D eigenvalue weighted by molar-refractivity contribution is -0.121. The summed E-state index contributed by atoms with van der Waals surface area (Å²) in [5, 5.41) is 6.29. The molecule has 1 amide bonds. The second-order valence-electron chi connectivity index (χ2n) is 5.39. The van der Waals surface area contributed by atoms with Crippen molar-refractivity contribution >= 4 is 5.91 Å². The molecule has 0 bridgehead atoms. The molecule has 0 aromatic heterocycles. The van der Waals surface area contributed by atoms with Crippen LogP contribution in [-0.4, -0.2) is 52.0 Å². The third kappa shape index (κ3) is 9.28. The van der Waals surface area contributed by atoms with Gasteiger partial charge in [0.25, 0.3) is 0 Å². The van der Waals surface area contributed by atoms with Crippen LogP contribution in [0.15, 0.2) is 0 Å². The lowest BCUT2D eigenvalue weighted by atomic mass is 10.1. The molecular weight excluding hydrogens is 256 g/mol. The molecule has 1 fully saturated rings. The molecule has 0 atom stereocenters. The summed E-state index contributed by atoms with van der Waals surface area (Å²) in [6, 6.07) is 0.393. The molecule has 1 saturated carbocycles. The predicted octanol–water partition coefficient (Wildman–Crippen LogP) is 1.47. The number of ether oxygens (including phenoxy) is 2. The van der Waals surface area contributed by atoms with Crippen molar-refractivity contribution in [2.24, 2.45) is 0 Å². The molecule has 0 aliphatic heterocycles. The third-order valence-corrected chi connectivity index (χ3v) is 3.58. The van der Waals surface area contributed by atoms with Gasteiger partial charge in [-0.3, -0.25) is 4.79 Å². The van der Waals surface area contributed by atoms with Crippen molar-refractivity contribution in [1.29, 1.82) is 0 Å². The smallest absolute Gasteiger partial charge is 0.234 e. The van der Waals surface area contributed by atoms with Gasteiger partial charge in [-0.1, -0.05) is 25.7 Å². The minimum Gasteiger partial charge on any atom is -0.382 e. The molecule has 0 spiro atoms. The van der Waals surface area contributed by atoms with Crippen LogP contribution < -0.4 is 10.6 Å². The number of carbonyl (C=O) groups excluding carboxylic acids is 1. The van der Waals surface area contributed by atoms with Gasteiger partial charge in [-0.2, -0.15) is 0 Å². The molecule has 5 heteroatoms. The molecule has 0 radical (unpaired) electrons. The quantitative estimate of drug-likeness (QED) is 0.471. The maximum atomic E-state index is 11.8. The molecule has 1 aliphatic rings. The number of hydrogen-bond acceptors (Lipinski definition) is 4. The van der Waals surface area contributed by atoms with E-state index >= 15 is 0 Å². The highest BCUT2D eigenvalue weighted by atomic mass is 16.5. The summed E-state index contributed by atoms with van der Waals surface area (Å²) in [6.07, 6.45) is 8.31. The van der Waals surface area contributed by atoms with Crippen molar-refractivity contribution < 1.29 is 14.3 Å². The van der Waals surface area contributed by atoms with E-state index in [2.05, 4.69) is 10.6 Å². The zero-order chi connectivity index (χ0) is 14.5. The van der Waals surface area contributed by atoms with Crippen molar-refractivity contribution in [2.45, 2.75) is 51.0 Å². The molecule has 0 saturated heterocycles. The van der Waals surface area contributed by atoms with E-state index in [1.807, 2.05) is 0 Å². The summed E-state index contributed by atoms with van der Waals surface area (Å²) in [7, 11) is 1.66. The Morgan fingerprint density at radius 3 is 2.55 bits per heavy atom. The summed E-state index contributed by atoms with van der Waals surface area (Å²) in [5.41, 5.74) is 0. The highest BCUT2D eigenvalue weighted by molar-refractivity contribution is 5.78. The Labute approximate surface area is 122 Å². The van der Waals surface area contributed by atoms with Gasteiger partial charge in [-0.25, -0.2) is 0 Å². The molecule has 0 aromatic carbocycles.